The number of thiazole rings is 1. The summed E-state index contributed by atoms with van der Waals surface area (Å²) in [6.07, 6.45) is 0. The molecule has 0 aliphatic heterocycles. The van der Waals surface area contributed by atoms with Crippen LogP contribution in [0.4, 0.5) is 11.4 Å². The molecule has 1 aromatic heterocycles. The van der Waals surface area contributed by atoms with Crippen LogP contribution in [-0.2, 0) is 6.54 Å². The van der Waals surface area contributed by atoms with Crippen molar-refractivity contribution in [2.24, 2.45) is 4.99 Å². The fourth-order valence-corrected chi connectivity index (χ4v) is 3.31. The molecule has 0 aliphatic carbocycles. The predicted octanol–water partition coefficient (Wildman–Crippen LogP) is 3.35. The highest BCUT2D eigenvalue weighted by Gasteiger charge is 2.12. The van der Waals surface area contributed by atoms with Gasteiger partial charge in [0, 0.05) is 29.6 Å². The number of hydrogen-bond donors (Lipinski definition) is 1. The monoisotopic (exact) mass is 341 g/mol. The van der Waals surface area contributed by atoms with Crippen molar-refractivity contribution < 1.29 is 10.0 Å². The first kappa shape index (κ1) is 16.1. The van der Waals surface area contributed by atoms with Crippen molar-refractivity contribution in [3.8, 4) is 11.3 Å². The zero-order chi connectivity index (χ0) is 16.9. The molecule has 6 nitrogen and oxygen atoms in total. The summed E-state index contributed by atoms with van der Waals surface area (Å²) in [6.45, 7) is 0.327. The number of nitro groups is 1. The Hall–Kier alpha value is -2.77. The van der Waals surface area contributed by atoms with Crippen LogP contribution in [0.3, 0.4) is 0 Å². The molecule has 1 N–H and O–H groups in total. The molecule has 3 rings (SSSR count). The minimum atomic E-state index is -0.415. The van der Waals surface area contributed by atoms with E-state index in [1.165, 1.54) is 23.5 Å². The van der Waals surface area contributed by atoms with Crippen LogP contribution >= 0.6 is 11.3 Å². The molecule has 0 bridgehead atoms. The lowest BCUT2D eigenvalue weighted by molar-refractivity contribution is -0.384. The molecule has 1 heterocycles. The molecule has 0 spiro atoms. The van der Waals surface area contributed by atoms with Gasteiger partial charge in [-0.3, -0.25) is 10.1 Å². The molecule has 0 radical (unpaired) electrons. The topological polar surface area (TPSA) is 80.7 Å². The average Bonchev–Trinajstić information content (AvgIpc) is 2.99. The first-order valence-electron chi connectivity index (χ1n) is 7.33. The minimum absolute atomic E-state index is 0.0378. The number of rotatable bonds is 5. The zero-order valence-electron chi connectivity index (χ0n) is 12.7. The van der Waals surface area contributed by atoms with Crippen LogP contribution in [0.15, 0.2) is 65.0 Å². The standard InChI is InChI=1S/C17H15N3O3S/c21-10-9-19-16(13-5-4-8-15(11-13)20(22)23)12-24-17(19)18-14-6-2-1-3-7-14/h1-8,11-12,21H,9-10H2. The Labute approximate surface area is 142 Å². The molecule has 24 heavy (non-hydrogen) atoms. The summed E-state index contributed by atoms with van der Waals surface area (Å²) in [5, 5.41) is 22.3. The fraction of sp³-hybridized carbons (Fsp3) is 0.118. The second-order valence-electron chi connectivity index (χ2n) is 5.03. The summed E-state index contributed by atoms with van der Waals surface area (Å²) in [5.41, 5.74) is 2.38. The largest absolute Gasteiger partial charge is 0.395 e. The number of benzene rings is 2. The Morgan fingerprint density at radius 2 is 1.96 bits per heavy atom. The molecular formula is C17H15N3O3S. The van der Waals surface area contributed by atoms with Crippen molar-refractivity contribution >= 4 is 22.7 Å². The Balaban J connectivity index is 2.11. The first-order valence-corrected chi connectivity index (χ1v) is 8.21. The van der Waals surface area contributed by atoms with Gasteiger partial charge in [-0.2, -0.15) is 0 Å². The van der Waals surface area contributed by atoms with E-state index in [-0.39, 0.29) is 12.3 Å². The molecule has 0 amide bonds. The van der Waals surface area contributed by atoms with E-state index in [1.807, 2.05) is 46.3 Å². The van der Waals surface area contributed by atoms with E-state index in [4.69, 9.17) is 0 Å². The number of aliphatic hydroxyl groups is 1. The lowest BCUT2D eigenvalue weighted by atomic mass is 10.1. The highest BCUT2D eigenvalue weighted by atomic mass is 32.1. The van der Waals surface area contributed by atoms with Gasteiger partial charge in [-0.05, 0) is 12.1 Å². The second kappa shape index (κ2) is 7.20. The van der Waals surface area contributed by atoms with E-state index >= 15 is 0 Å². The third-order valence-electron chi connectivity index (χ3n) is 3.45. The van der Waals surface area contributed by atoms with E-state index in [0.29, 0.717) is 6.54 Å². The third-order valence-corrected chi connectivity index (χ3v) is 4.32. The second-order valence-corrected chi connectivity index (χ2v) is 5.87. The molecule has 0 fully saturated rings. The zero-order valence-corrected chi connectivity index (χ0v) is 13.5. The lowest BCUT2D eigenvalue weighted by Gasteiger charge is -2.07. The van der Waals surface area contributed by atoms with Gasteiger partial charge in [-0.15, -0.1) is 11.3 Å². The van der Waals surface area contributed by atoms with E-state index < -0.39 is 4.92 Å². The summed E-state index contributed by atoms with van der Waals surface area (Å²) in [6, 6.07) is 16.0. The predicted molar refractivity (Wildman–Crippen MR) is 93.2 cm³/mol. The third kappa shape index (κ3) is 3.42. The molecule has 122 valence electrons. The van der Waals surface area contributed by atoms with E-state index in [0.717, 1.165) is 21.7 Å². The van der Waals surface area contributed by atoms with Crippen LogP contribution < -0.4 is 4.80 Å². The summed E-state index contributed by atoms with van der Waals surface area (Å²) < 4.78 is 1.87. The molecule has 0 unspecified atom stereocenters. The van der Waals surface area contributed by atoms with Crippen molar-refractivity contribution in [3.63, 3.8) is 0 Å². The van der Waals surface area contributed by atoms with Crippen LogP contribution in [-0.4, -0.2) is 21.2 Å². The quantitative estimate of drug-likeness (QED) is 0.571. The van der Waals surface area contributed by atoms with Crippen molar-refractivity contribution in [3.05, 3.63) is 74.9 Å². The minimum Gasteiger partial charge on any atom is -0.395 e. The van der Waals surface area contributed by atoms with Gasteiger partial charge in [0.1, 0.15) is 0 Å². The summed E-state index contributed by atoms with van der Waals surface area (Å²) in [7, 11) is 0. The maximum Gasteiger partial charge on any atom is 0.270 e. The SMILES string of the molecule is O=[N+]([O-])c1cccc(-c2csc(=Nc3ccccc3)n2CCO)c1. The van der Waals surface area contributed by atoms with Gasteiger partial charge in [0.25, 0.3) is 5.69 Å². The first-order chi connectivity index (χ1) is 11.7. The van der Waals surface area contributed by atoms with E-state index in [9.17, 15) is 15.2 Å². The van der Waals surface area contributed by atoms with Crippen molar-refractivity contribution in [2.75, 3.05) is 6.61 Å². The Morgan fingerprint density at radius 1 is 1.17 bits per heavy atom. The lowest BCUT2D eigenvalue weighted by Crippen LogP contribution is -2.17. The number of aromatic nitrogens is 1. The molecule has 0 aliphatic rings. The number of hydrogen-bond acceptors (Lipinski definition) is 5. The Kier molecular flexibility index (Phi) is 4.83. The van der Waals surface area contributed by atoms with Crippen LogP contribution in [0.1, 0.15) is 0 Å². The molecule has 0 atom stereocenters. The molecule has 3 aromatic rings. The smallest absolute Gasteiger partial charge is 0.270 e. The summed E-state index contributed by atoms with van der Waals surface area (Å²) in [5.74, 6) is 0. The molecule has 0 saturated carbocycles. The molecule has 0 saturated heterocycles. The highest BCUT2D eigenvalue weighted by Crippen LogP contribution is 2.24. The normalized spacial score (nSPS) is 11.6. The average molecular weight is 341 g/mol. The molecular weight excluding hydrogens is 326 g/mol. The van der Waals surface area contributed by atoms with Crippen LogP contribution in [0.2, 0.25) is 0 Å². The summed E-state index contributed by atoms with van der Waals surface area (Å²) >= 11 is 1.44. The highest BCUT2D eigenvalue weighted by molar-refractivity contribution is 7.07. The molecule has 2 aromatic carbocycles. The fourth-order valence-electron chi connectivity index (χ4n) is 2.36. The van der Waals surface area contributed by atoms with Gasteiger partial charge >= 0.3 is 0 Å². The van der Waals surface area contributed by atoms with Gasteiger partial charge in [-0.25, -0.2) is 4.99 Å². The Bertz CT molecular complexity index is 916. The van der Waals surface area contributed by atoms with E-state index in [1.54, 1.807) is 6.07 Å². The number of nitrogens with zero attached hydrogens (tertiary/aromatic N) is 3. The van der Waals surface area contributed by atoms with Gasteiger partial charge < -0.3 is 9.67 Å². The van der Waals surface area contributed by atoms with Crippen molar-refractivity contribution in [1.82, 2.24) is 4.57 Å². The van der Waals surface area contributed by atoms with Crippen LogP contribution in [0.5, 0.6) is 0 Å². The number of non-ortho nitro benzene ring substituents is 1. The van der Waals surface area contributed by atoms with E-state index in [2.05, 4.69) is 4.99 Å². The maximum absolute atomic E-state index is 11.0. The van der Waals surface area contributed by atoms with Gasteiger partial charge in [0.2, 0.25) is 0 Å². The maximum atomic E-state index is 11.0. The Morgan fingerprint density at radius 3 is 2.67 bits per heavy atom. The number of aliphatic hydroxyl groups excluding tert-OH is 1. The van der Waals surface area contributed by atoms with Crippen molar-refractivity contribution in [1.29, 1.82) is 0 Å². The van der Waals surface area contributed by atoms with Gasteiger partial charge in [-0.1, -0.05) is 30.3 Å². The number of nitro benzene ring substituents is 1. The van der Waals surface area contributed by atoms with Crippen molar-refractivity contribution in [2.45, 2.75) is 6.54 Å². The van der Waals surface area contributed by atoms with Gasteiger partial charge in [0.15, 0.2) is 4.80 Å². The molecule has 7 heteroatoms. The summed E-state index contributed by atoms with van der Waals surface area (Å²) in [4.78, 5) is 15.9. The van der Waals surface area contributed by atoms with Crippen LogP contribution in [0, 0.1) is 10.1 Å². The van der Waals surface area contributed by atoms with Crippen LogP contribution in [0.25, 0.3) is 11.3 Å². The number of para-hydroxylation sites is 1. The van der Waals surface area contributed by atoms with Gasteiger partial charge in [0.05, 0.1) is 22.9 Å².